The van der Waals surface area contributed by atoms with Gasteiger partial charge in [0.2, 0.25) is 0 Å². The first-order valence-corrected chi connectivity index (χ1v) is 9.59. The van der Waals surface area contributed by atoms with Gasteiger partial charge in [-0.2, -0.15) is 10.2 Å². The normalized spacial score (nSPS) is 10.8. The Labute approximate surface area is 147 Å². The smallest absolute Gasteiger partial charge is 0.0661 e. The van der Waals surface area contributed by atoms with Gasteiger partial charge in [-0.1, -0.05) is 58.0 Å². The molecule has 0 aliphatic rings. The van der Waals surface area contributed by atoms with Crippen molar-refractivity contribution >= 4 is 21.6 Å². The molecule has 6 heteroatoms. The van der Waals surface area contributed by atoms with E-state index in [-0.39, 0.29) is 0 Å². The molecule has 4 aromatic rings. The monoisotopic (exact) mass is 350 g/mol. The summed E-state index contributed by atoms with van der Waals surface area (Å²) in [6, 6.07) is 20.7. The Kier molecular flexibility index (Phi) is 4.40. The molecule has 0 saturated carbocycles. The zero-order valence-corrected chi connectivity index (χ0v) is 14.3. The predicted molar refractivity (Wildman–Crippen MR) is 99.8 cm³/mol. The van der Waals surface area contributed by atoms with Crippen LogP contribution in [-0.2, 0) is 0 Å². The number of nitrogens with one attached hydrogen (secondary N) is 2. The summed E-state index contributed by atoms with van der Waals surface area (Å²) in [6.07, 6.45) is 3.55. The van der Waals surface area contributed by atoms with E-state index in [0.29, 0.717) is 0 Å². The number of rotatable bonds is 5. The molecule has 2 aromatic heterocycles. The van der Waals surface area contributed by atoms with Crippen molar-refractivity contribution in [2.24, 2.45) is 0 Å². The molecule has 0 saturated heterocycles. The van der Waals surface area contributed by atoms with Gasteiger partial charge in [0.05, 0.1) is 11.4 Å². The van der Waals surface area contributed by atoms with E-state index in [9.17, 15) is 0 Å². The summed E-state index contributed by atoms with van der Waals surface area (Å²) in [5.74, 6) is 0. The first-order chi connectivity index (χ1) is 11.9. The Balaban J connectivity index is 1.61. The van der Waals surface area contributed by atoms with Crippen LogP contribution >= 0.6 is 21.6 Å². The second kappa shape index (κ2) is 6.98. The van der Waals surface area contributed by atoms with Crippen molar-refractivity contribution in [2.75, 3.05) is 0 Å². The number of aromatic amines is 2. The molecule has 0 fully saturated rings. The molecule has 24 heavy (non-hydrogen) atoms. The van der Waals surface area contributed by atoms with Crippen molar-refractivity contribution < 1.29 is 0 Å². The lowest BCUT2D eigenvalue weighted by molar-refractivity contribution is 1.09. The largest absolute Gasteiger partial charge is 0.278 e. The molecule has 4 rings (SSSR count). The van der Waals surface area contributed by atoms with Gasteiger partial charge in [0, 0.05) is 33.3 Å². The van der Waals surface area contributed by atoms with Gasteiger partial charge >= 0.3 is 0 Å². The summed E-state index contributed by atoms with van der Waals surface area (Å²) in [5, 5.41) is 14.2. The molecular weight excluding hydrogens is 336 g/mol. The van der Waals surface area contributed by atoms with Crippen molar-refractivity contribution in [1.29, 1.82) is 0 Å². The predicted octanol–water partition coefficient (Wildman–Crippen LogP) is 5.27. The van der Waals surface area contributed by atoms with Crippen molar-refractivity contribution in [3.63, 3.8) is 0 Å². The molecule has 0 unspecified atom stereocenters. The number of hydrogen-bond donors (Lipinski definition) is 2. The highest BCUT2D eigenvalue weighted by Gasteiger charge is 2.10. The number of nitrogens with zero attached hydrogens (tertiary/aromatic N) is 2. The van der Waals surface area contributed by atoms with Crippen molar-refractivity contribution in [3.05, 3.63) is 73.1 Å². The topological polar surface area (TPSA) is 57.4 Å². The summed E-state index contributed by atoms with van der Waals surface area (Å²) in [7, 11) is 3.49. The van der Waals surface area contributed by atoms with E-state index in [1.807, 2.05) is 24.3 Å². The van der Waals surface area contributed by atoms with Gasteiger partial charge in [-0.3, -0.25) is 10.2 Å². The van der Waals surface area contributed by atoms with E-state index < -0.39 is 0 Å². The van der Waals surface area contributed by atoms with Gasteiger partial charge in [0.25, 0.3) is 0 Å². The second-order valence-electron chi connectivity index (χ2n) is 5.10. The van der Waals surface area contributed by atoms with Crippen LogP contribution in [0.15, 0.2) is 82.8 Å². The van der Waals surface area contributed by atoms with Gasteiger partial charge in [0.1, 0.15) is 0 Å². The van der Waals surface area contributed by atoms with Crippen LogP contribution < -0.4 is 0 Å². The molecule has 0 aliphatic heterocycles. The fourth-order valence-electron chi connectivity index (χ4n) is 2.43. The molecule has 0 bridgehead atoms. The third-order valence-electron chi connectivity index (χ3n) is 3.58. The minimum atomic E-state index is 1.03. The molecule has 0 aliphatic carbocycles. The van der Waals surface area contributed by atoms with Crippen molar-refractivity contribution in [1.82, 2.24) is 20.4 Å². The Morgan fingerprint density at radius 3 is 1.46 bits per heavy atom. The van der Waals surface area contributed by atoms with Gasteiger partial charge in [-0.15, -0.1) is 0 Å². The van der Waals surface area contributed by atoms with Crippen LogP contribution in [0.25, 0.3) is 22.5 Å². The summed E-state index contributed by atoms with van der Waals surface area (Å²) >= 11 is 0. The fraction of sp³-hybridized carbons (Fsp3) is 0. The minimum Gasteiger partial charge on any atom is -0.278 e. The van der Waals surface area contributed by atoms with Gasteiger partial charge in [0.15, 0.2) is 0 Å². The maximum Gasteiger partial charge on any atom is 0.0661 e. The number of aromatic nitrogens is 4. The second-order valence-corrected chi connectivity index (χ2v) is 7.31. The third-order valence-corrected chi connectivity index (χ3v) is 6.06. The Hall–Kier alpha value is -2.44. The van der Waals surface area contributed by atoms with Crippen molar-refractivity contribution in [2.45, 2.75) is 9.79 Å². The quantitative estimate of drug-likeness (QED) is 0.482. The Morgan fingerprint density at radius 1 is 0.583 bits per heavy atom. The van der Waals surface area contributed by atoms with E-state index in [4.69, 9.17) is 0 Å². The molecule has 0 amide bonds. The van der Waals surface area contributed by atoms with Crippen LogP contribution in [0.5, 0.6) is 0 Å². The van der Waals surface area contributed by atoms with Gasteiger partial charge in [-0.25, -0.2) is 0 Å². The van der Waals surface area contributed by atoms with Crippen LogP contribution in [-0.4, -0.2) is 20.4 Å². The minimum absolute atomic E-state index is 1.03. The van der Waals surface area contributed by atoms with Crippen molar-refractivity contribution in [3.8, 4) is 22.5 Å². The highest BCUT2D eigenvalue weighted by atomic mass is 33.1. The van der Waals surface area contributed by atoms with E-state index in [1.54, 1.807) is 34.0 Å². The lowest BCUT2D eigenvalue weighted by Gasteiger charge is -2.09. The molecule has 2 heterocycles. The molecule has 2 N–H and O–H groups in total. The SMILES string of the molecule is c1ccc(-c2ccn[nH]2)c(SSc2ccccc2-c2ccn[nH]2)c1. The molecule has 0 radical (unpaired) electrons. The highest BCUT2D eigenvalue weighted by Crippen LogP contribution is 2.44. The van der Waals surface area contributed by atoms with Gasteiger partial charge < -0.3 is 0 Å². The number of H-pyrrole nitrogens is 2. The lowest BCUT2D eigenvalue weighted by atomic mass is 10.1. The number of hydrogen-bond acceptors (Lipinski definition) is 4. The maximum atomic E-state index is 4.05. The summed E-state index contributed by atoms with van der Waals surface area (Å²) in [4.78, 5) is 2.40. The third kappa shape index (κ3) is 3.11. The van der Waals surface area contributed by atoms with Crippen LogP contribution in [0.2, 0.25) is 0 Å². The molecule has 0 atom stereocenters. The molecule has 118 valence electrons. The Morgan fingerprint density at radius 2 is 1.04 bits per heavy atom. The molecule has 4 nitrogen and oxygen atoms in total. The standard InChI is InChI=1S/C18H14N4S2/c1-3-7-17(13(5-1)15-9-11-19-21-15)23-24-18-8-4-2-6-14(18)16-10-12-20-22-16/h1-12H,(H,19,21)(H,20,22). The average molecular weight is 350 g/mol. The average Bonchev–Trinajstić information content (AvgIpc) is 3.34. The van der Waals surface area contributed by atoms with E-state index in [1.165, 1.54) is 9.79 Å². The molecular formula is C18H14N4S2. The highest BCUT2D eigenvalue weighted by molar-refractivity contribution is 8.76. The Bertz CT molecular complexity index is 840. The maximum absolute atomic E-state index is 4.05. The lowest BCUT2D eigenvalue weighted by Crippen LogP contribution is -1.83. The zero-order valence-electron chi connectivity index (χ0n) is 12.6. The van der Waals surface area contributed by atoms with E-state index in [2.05, 4.69) is 56.8 Å². The summed E-state index contributed by atoms with van der Waals surface area (Å²) in [6.45, 7) is 0. The summed E-state index contributed by atoms with van der Waals surface area (Å²) in [5.41, 5.74) is 4.37. The molecule has 0 spiro atoms. The van der Waals surface area contributed by atoms with E-state index in [0.717, 1.165) is 22.5 Å². The first kappa shape index (κ1) is 15.1. The number of benzene rings is 2. The summed E-state index contributed by atoms with van der Waals surface area (Å²) < 4.78 is 0. The van der Waals surface area contributed by atoms with Crippen LogP contribution in [0, 0.1) is 0 Å². The fourth-order valence-corrected chi connectivity index (χ4v) is 4.82. The zero-order chi connectivity index (χ0) is 16.2. The van der Waals surface area contributed by atoms with Crippen LogP contribution in [0.4, 0.5) is 0 Å². The first-order valence-electron chi connectivity index (χ1n) is 7.44. The molecule has 2 aromatic carbocycles. The van der Waals surface area contributed by atoms with Crippen LogP contribution in [0.3, 0.4) is 0 Å². The van der Waals surface area contributed by atoms with E-state index >= 15 is 0 Å². The van der Waals surface area contributed by atoms with Crippen LogP contribution in [0.1, 0.15) is 0 Å². The van der Waals surface area contributed by atoms with Gasteiger partial charge in [-0.05, 0) is 24.3 Å².